The van der Waals surface area contributed by atoms with E-state index in [4.69, 9.17) is 0 Å². The standard InChI is InChI=1S/C13H20N2O/c1-11-5-8-14-12(9-11)15-10-13(16)6-3-2-4-7-13/h5,8-9,16H,2-4,6-7,10H2,1H3,(H,14,15). The highest BCUT2D eigenvalue weighted by Gasteiger charge is 2.28. The first-order valence-corrected chi connectivity index (χ1v) is 6.07. The van der Waals surface area contributed by atoms with Crippen molar-refractivity contribution in [2.75, 3.05) is 11.9 Å². The molecule has 0 aliphatic heterocycles. The van der Waals surface area contributed by atoms with Crippen LogP contribution in [-0.2, 0) is 0 Å². The molecule has 0 unspecified atom stereocenters. The smallest absolute Gasteiger partial charge is 0.126 e. The first-order valence-electron chi connectivity index (χ1n) is 6.07. The molecule has 88 valence electrons. The lowest BCUT2D eigenvalue weighted by Gasteiger charge is -2.32. The zero-order chi connectivity index (χ0) is 11.4. The van der Waals surface area contributed by atoms with Gasteiger partial charge in [-0.3, -0.25) is 0 Å². The SMILES string of the molecule is Cc1ccnc(NCC2(O)CCCCC2)c1. The minimum absolute atomic E-state index is 0.524. The van der Waals surface area contributed by atoms with E-state index in [2.05, 4.69) is 10.3 Å². The maximum Gasteiger partial charge on any atom is 0.126 e. The van der Waals surface area contributed by atoms with Crippen molar-refractivity contribution >= 4 is 5.82 Å². The summed E-state index contributed by atoms with van der Waals surface area (Å²) < 4.78 is 0. The van der Waals surface area contributed by atoms with Gasteiger partial charge in [-0.1, -0.05) is 19.3 Å². The van der Waals surface area contributed by atoms with Gasteiger partial charge in [-0.15, -0.1) is 0 Å². The summed E-state index contributed by atoms with van der Waals surface area (Å²) in [4.78, 5) is 4.23. The van der Waals surface area contributed by atoms with E-state index in [0.29, 0.717) is 6.54 Å². The van der Waals surface area contributed by atoms with Crippen LogP contribution in [-0.4, -0.2) is 22.2 Å². The molecule has 2 rings (SSSR count). The van der Waals surface area contributed by atoms with Crippen molar-refractivity contribution in [3.63, 3.8) is 0 Å². The van der Waals surface area contributed by atoms with Gasteiger partial charge in [0.25, 0.3) is 0 Å². The maximum absolute atomic E-state index is 10.3. The molecule has 3 heteroatoms. The second kappa shape index (κ2) is 4.83. The van der Waals surface area contributed by atoms with Crippen molar-refractivity contribution in [3.8, 4) is 0 Å². The summed E-state index contributed by atoms with van der Waals surface area (Å²) >= 11 is 0. The Morgan fingerprint density at radius 2 is 2.12 bits per heavy atom. The Balaban J connectivity index is 1.91. The predicted octanol–water partition coefficient (Wildman–Crippen LogP) is 2.50. The fourth-order valence-corrected chi connectivity index (χ4v) is 2.27. The van der Waals surface area contributed by atoms with Gasteiger partial charge in [0, 0.05) is 12.7 Å². The summed E-state index contributed by atoms with van der Waals surface area (Å²) in [6, 6.07) is 3.98. The average molecular weight is 220 g/mol. The van der Waals surface area contributed by atoms with E-state index in [1.807, 2.05) is 19.1 Å². The fourth-order valence-electron chi connectivity index (χ4n) is 2.27. The van der Waals surface area contributed by atoms with Gasteiger partial charge in [-0.05, 0) is 37.5 Å². The topological polar surface area (TPSA) is 45.2 Å². The Morgan fingerprint density at radius 1 is 1.38 bits per heavy atom. The van der Waals surface area contributed by atoms with Crippen molar-refractivity contribution in [2.24, 2.45) is 0 Å². The Bertz CT molecular complexity index is 346. The number of rotatable bonds is 3. The molecular weight excluding hydrogens is 200 g/mol. The Kier molecular flexibility index (Phi) is 3.44. The number of aryl methyl sites for hydroxylation is 1. The summed E-state index contributed by atoms with van der Waals surface area (Å²) in [5.41, 5.74) is 0.664. The first-order chi connectivity index (χ1) is 7.68. The predicted molar refractivity (Wildman–Crippen MR) is 65.5 cm³/mol. The third-order valence-corrected chi connectivity index (χ3v) is 3.30. The molecule has 3 nitrogen and oxygen atoms in total. The molecule has 0 radical (unpaired) electrons. The molecule has 0 amide bonds. The molecule has 0 spiro atoms. The van der Waals surface area contributed by atoms with Crippen molar-refractivity contribution in [3.05, 3.63) is 23.9 Å². The molecule has 0 atom stereocenters. The number of pyridine rings is 1. The van der Waals surface area contributed by atoms with Crippen LogP contribution in [0.3, 0.4) is 0 Å². The highest BCUT2D eigenvalue weighted by molar-refractivity contribution is 5.37. The molecule has 1 saturated carbocycles. The number of nitrogens with one attached hydrogen (secondary N) is 1. The fraction of sp³-hybridized carbons (Fsp3) is 0.615. The first kappa shape index (κ1) is 11.4. The molecule has 1 aromatic rings. The van der Waals surface area contributed by atoms with E-state index in [9.17, 15) is 5.11 Å². The number of aliphatic hydroxyl groups is 1. The summed E-state index contributed by atoms with van der Waals surface area (Å²) in [6.07, 6.45) is 7.14. The average Bonchev–Trinajstić information content (AvgIpc) is 2.28. The van der Waals surface area contributed by atoms with Crippen LogP contribution in [0.25, 0.3) is 0 Å². The van der Waals surface area contributed by atoms with E-state index < -0.39 is 5.60 Å². The molecule has 1 fully saturated rings. The van der Waals surface area contributed by atoms with Gasteiger partial charge >= 0.3 is 0 Å². The molecule has 1 aliphatic carbocycles. The second-order valence-corrected chi connectivity index (χ2v) is 4.86. The van der Waals surface area contributed by atoms with E-state index in [1.165, 1.54) is 12.0 Å². The number of anilines is 1. The third kappa shape index (κ3) is 2.95. The van der Waals surface area contributed by atoms with Crippen LogP contribution in [0.2, 0.25) is 0 Å². The second-order valence-electron chi connectivity index (χ2n) is 4.86. The summed E-state index contributed by atoms with van der Waals surface area (Å²) in [5.74, 6) is 0.860. The lowest BCUT2D eigenvalue weighted by atomic mass is 9.85. The molecule has 1 aliphatic rings. The Hall–Kier alpha value is -1.09. The molecule has 0 aromatic carbocycles. The summed E-state index contributed by atoms with van der Waals surface area (Å²) in [7, 11) is 0. The van der Waals surface area contributed by atoms with Gasteiger partial charge in [0.1, 0.15) is 5.82 Å². The number of aromatic nitrogens is 1. The van der Waals surface area contributed by atoms with Crippen LogP contribution in [0.1, 0.15) is 37.7 Å². The van der Waals surface area contributed by atoms with Crippen LogP contribution in [0, 0.1) is 6.92 Å². The van der Waals surface area contributed by atoms with Crippen molar-refractivity contribution in [1.82, 2.24) is 4.98 Å². The molecular formula is C13H20N2O. The number of hydrogen-bond acceptors (Lipinski definition) is 3. The number of hydrogen-bond donors (Lipinski definition) is 2. The Morgan fingerprint density at radius 3 is 2.81 bits per heavy atom. The largest absolute Gasteiger partial charge is 0.388 e. The maximum atomic E-state index is 10.3. The summed E-state index contributed by atoms with van der Waals surface area (Å²) in [5, 5.41) is 13.5. The van der Waals surface area contributed by atoms with E-state index in [0.717, 1.165) is 31.5 Å². The lowest BCUT2D eigenvalue weighted by molar-refractivity contribution is 0.0166. The van der Waals surface area contributed by atoms with Crippen LogP contribution in [0.15, 0.2) is 18.3 Å². The molecule has 1 heterocycles. The van der Waals surface area contributed by atoms with Gasteiger partial charge in [-0.25, -0.2) is 4.98 Å². The van der Waals surface area contributed by atoms with Crippen molar-refractivity contribution in [2.45, 2.75) is 44.6 Å². The van der Waals surface area contributed by atoms with Crippen LogP contribution < -0.4 is 5.32 Å². The minimum Gasteiger partial charge on any atom is -0.388 e. The Labute approximate surface area is 96.9 Å². The van der Waals surface area contributed by atoms with Crippen LogP contribution in [0.5, 0.6) is 0 Å². The third-order valence-electron chi connectivity index (χ3n) is 3.30. The zero-order valence-electron chi connectivity index (χ0n) is 9.87. The number of nitrogens with zero attached hydrogens (tertiary/aromatic N) is 1. The molecule has 0 saturated heterocycles. The van der Waals surface area contributed by atoms with E-state index in [1.54, 1.807) is 6.20 Å². The van der Waals surface area contributed by atoms with Crippen LogP contribution >= 0.6 is 0 Å². The molecule has 2 N–H and O–H groups in total. The van der Waals surface area contributed by atoms with Gasteiger partial charge < -0.3 is 10.4 Å². The summed E-state index contributed by atoms with van der Waals surface area (Å²) in [6.45, 7) is 2.66. The van der Waals surface area contributed by atoms with E-state index >= 15 is 0 Å². The van der Waals surface area contributed by atoms with Gasteiger partial charge in [0.15, 0.2) is 0 Å². The molecule has 0 bridgehead atoms. The van der Waals surface area contributed by atoms with Crippen molar-refractivity contribution < 1.29 is 5.11 Å². The quantitative estimate of drug-likeness (QED) is 0.822. The normalized spacial score (nSPS) is 19.4. The lowest BCUT2D eigenvalue weighted by Crippen LogP contribution is -2.38. The molecule has 1 aromatic heterocycles. The highest BCUT2D eigenvalue weighted by Crippen LogP contribution is 2.28. The minimum atomic E-state index is -0.524. The van der Waals surface area contributed by atoms with Crippen LogP contribution in [0.4, 0.5) is 5.82 Å². The highest BCUT2D eigenvalue weighted by atomic mass is 16.3. The van der Waals surface area contributed by atoms with Crippen molar-refractivity contribution in [1.29, 1.82) is 0 Å². The zero-order valence-corrected chi connectivity index (χ0v) is 9.87. The monoisotopic (exact) mass is 220 g/mol. The van der Waals surface area contributed by atoms with E-state index in [-0.39, 0.29) is 0 Å². The van der Waals surface area contributed by atoms with Gasteiger partial charge in [0.05, 0.1) is 5.60 Å². The molecule has 16 heavy (non-hydrogen) atoms. The van der Waals surface area contributed by atoms with Gasteiger partial charge in [0.2, 0.25) is 0 Å². The van der Waals surface area contributed by atoms with Gasteiger partial charge in [-0.2, -0.15) is 0 Å².